The second-order valence-corrected chi connectivity index (χ2v) is 2.09. The minimum atomic E-state index is -0.517. The largest absolute Gasteiger partial charge is 0.396 e. The fraction of sp³-hybridized carbons (Fsp3) is 0.833. The predicted octanol–water partition coefficient (Wildman–Crippen LogP) is 0.0442. The van der Waals surface area contributed by atoms with Crippen molar-refractivity contribution in [3.05, 3.63) is 6.10 Å². The van der Waals surface area contributed by atoms with Crippen LogP contribution in [0.25, 0.3) is 0 Å². The molecule has 0 aliphatic rings. The summed E-state index contributed by atoms with van der Waals surface area (Å²) in [6, 6.07) is 0. The Morgan fingerprint density at radius 1 is 1.56 bits per heavy atom. The summed E-state index contributed by atoms with van der Waals surface area (Å²) in [5, 5.41) is 25.8. The lowest BCUT2D eigenvalue weighted by Crippen LogP contribution is -2.08. The van der Waals surface area contributed by atoms with Crippen molar-refractivity contribution < 1.29 is 15.3 Å². The molecule has 3 nitrogen and oxygen atoms in total. The van der Waals surface area contributed by atoms with E-state index < -0.39 is 6.10 Å². The van der Waals surface area contributed by atoms with E-state index in [0.29, 0.717) is 0 Å². The Morgan fingerprint density at radius 3 is 2.44 bits per heavy atom. The Bertz CT molecular complexity index is 63.3. The molecule has 0 aromatic heterocycles. The van der Waals surface area contributed by atoms with Crippen LogP contribution in [0.5, 0.6) is 0 Å². The minimum Gasteiger partial charge on any atom is -0.396 e. The van der Waals surface area contributed by atoms with Gasteiger partial charge in [-0.05, 0) is 6.92 Å². The SMILES string of the molecule is CC(O)C[C](O)CCO. The van der Waals surface area contributed by atoms with Crippen molar-refractivity contribution in [3.63, 3.8) is 0 Å². The van der Waals surface area contributed by atoms with Crippen molar-refractivity contribution in [1.29, 1.82) is 0 Å². The molecule has 3 N–H and O–H groups in total. The third-order valence-corrected chi connectivity index (χ3v) is 0.931. The van der Waals surface area contributed by atoms with E-state index in [2.05, 4.69) is 0 Å². The Morgan fingerprint density at radius 2 is 2.11 bits per heavy atom. The quantitative estimate of drug-likeness (QED) is 0.507. The normalized spacial score (nSPS) is 14.3. The van der Waals surface area contributed by atoms with Gasteiger partial charge in [0.15, 0.2) is 0 Å². The van der Waals surface area contributed by atoms with Crippen LogP contribution >= 0.6 is 0 Å². The Kier molecular flexibility index (Phi) is 4.67. The summed E-state index contributed by atoms with van der Waals surface area (Å²) in [4.78, 5) is 0. The summed E-state index contributed by atoms with van der Waals surface area (Å²) >= 11 is 0. The van der Waals surface area contributed by atoms with E-state index in [1.54, 1.807) is 6.92 Å². The molecule has 3 heteroatoms. The van der Waals surface area contributed by atoms with E-state index in [9.17, 15) is 0 Å². The molecular weight excluding hydrogens is 120 g/mol. The molecule has 0 aliphatic heterocycles. The van der Waals surface area contributed by atoms with E-state index in [0.717, 1.165) is 0 Å². The van der Waals surface area contributed by atoms with E-state index in [4.69, 9.17) is 15.3 Å². The summed E-state index contributed by atoms with van der Waals surface area (Å²) in [5.41, 5.74) is 0. The van der Waals surface area contributed by atoms with Gasteiger partial charge in [-0.3, -0.25) is 0 Å². The van der Waals surface area contributed by atoms with Crippen LogP contribution in [0.2, 0.25) is 0 Å². The van der Waals surface area contributed by atoms with Crippen LogP contribution in [0.15, 0.2) is 0 Å². The fourth-order valence-corrected chi connectivity index (χ4v) is 0.572. The number of rotatable bonds is 4. The molecule has 1 unspecified atom stereocenters. The van der Waals surface area contributed by atoms with Crippen LogP contribution in [0.4, 0.5) is 0 Å². The molecule has 0 heterocycles. The highest BCUT2D eigenvalue weighted by Gasteiger charge is 2.07. The van der Waals surface area contributed by atoms with Gasteiger partial charge in [0.25, 0.3) is 0 Å². The molecule has 0 aromatic carbocycles. The van der Waals surface area contributed by atoms with Crippen LogP contribution in [-0.2, 0) is 0 Å². The van der Waals surface area contributed by atoms with Gasteiger partial charge in [0, 0.05) is 19.4 Å². The zero-order chi connectivity index (χ0) is 7.28. The fourth-order valence-electron chi connectivity index (χ4n) is 0.572. The Labute approximate surface area is 54.9 Å². The zero-order valence-corrected chi connectivity index (χ0v) is 5.54. The third-order valence-electron chi connectivity index (χ3n) is 0.931. The summed E-state index contributed by atoms with van der Waals surface area (Å²) in [7, 11) is 0. The molecule has 0 saturated carbocycles. The first kappa shape index (κ1) is 8.88. The van der Waals surface area contributed by atoms with Crippen LogP contribution in [0, 0.1) is 6.10 Å². The molecule has 0 rings (SSSR count). The smallest absolute Gasteiger partial charge is 0.0981 e. The van der Waals surface area contributed by atoms with E-state index in [-0.39, 0.29) is 25.6 Å². The van der Waals surface area contributed by atoms with E-state index in [1.165, 1.54) is 0 Å². The number of hydrogen-bond donors (Lipinski definition) is 3. The van der Waals surface area contributed by atoms with Crippen molar-refractivity contribution in [3.8, 4) is 0 Å². The average Bonchev–Trinajstić information content (AvgIpc) is 1.63. The van der Waals surface area contributed by atoms with Gasteiger partial charge >= 0.3 is 0 Å². The molecule has 0 bridgehead atoms. The van der Waals surface area contributed by atoms with Gasteiger partial charge in [0.05, 0.1) is 12.2 Å². The molecule has 1 atom stereocenters. The van der Waals surface area contributed by atoms with Crippen molar-refractivity contribution in [1.82, 2.24) is 0 Å². The Balaban J connectivity index is 3.15. The zero-order valence-electron chi connectivity index (χ0n) is 5.54. The van der Waals surface area contributed by atoms with Gasteiger partial charge in [0.2, 0.25) is 0 Å². The highest BCUT2D eigenvalue weighted by Crippen LogP contribution is 2.08. The lowest BCUT2D eigenvalue weighted by Gasteiger charge is -2.08. The van der Waals surface area contributed by atoms with Gasteiger partial charge in [-0.2, -0.15) is 0 Å². The summed E-state index contributed by atoms with van der Waals surface area (Å²) in [6.45, 7) is 1.53. The first-order chi connectivity index (χ1) is 4.16. The average molecular weight is 133 g/mol. The van der Waals surface area contributed by atoms with Crippen molar-refractivity contribution in [2.24, 2.45) is 0 Å². The Hall–Kier alpha value is -0.120. The molecule has 1 radical (unpaired) electrons. The van der Waals surface area contributed by atoms with Crippen molar-refractivity contribution in [2.75, 3.05) is 6.61 Å². The molecule has 9 heavy (non-hydrogen) atoms. The van der Waals surface area contributed by atoms with Crippen LogP contribution in [-0.4, -0.2) is 28.0 Å². The molecule has 0 aromatic rings. The van der Waals surface area contributed by atoms with Gasteiger partial charge in [-0.25, -0.2) is 0 Å². The van der Waals surface area contributed by atoms with Gasteiger partial charge < -0.3 is 15.3 Å². The molecule has 55 valence electrons. The highest BCUT2D eigenvalue weighted by molar-refractivity contribution is 4.76. The second kappa shape index (κ2) is 4.73. The first-order valence-corrected chi connectivity index (χ1v) is 2.99. The minimum absolute atomic E-state index is 0.0570. The first-order valence-electron chi connectivity index (χ1n) is 2.99. The van der Waals surface area contributed by atoms with Crippen LogP contribution < -0.4 is 0 Å². The molecule has 0 aliphatic carbocycles. The summed E-state index contributed by atoms with van der Waals surface area (Å²) in [6.07, 6.45) is 0.176. The lowest BCUT2D eigenvalue weighted by atomic mass is 10.1. The third kappa shape index (κ3) is 5.76. The van der Waals surface area contributed by atoms with Gasteiger partial charge in [0.1, 0.15) is 0 Å². The monoisotopic (exact) mass is 133 g/mol. The van der Waals surface area contributed by atoms with Gasteiger partial charge in [-0.15, -0.1) is 0 Å². The maximum atomic E-state index is 8.82. The molecule has 0 saturated heterocycles. The van der Waals surface area contributed by atoms with Crippen molar-refractivity contribution >= 4 is 0 Å². The van der Waals surface area contributed by atoms with E-state index in [1.807, 2.05) is 0 Å². The molecule has 0 amide bonds. The number of aliphatic hydroxyl groups is 3. The molecular formula is C6H13O3. The van der Waals surface area contributed by atoms with Gasteiger partial charge in [-0.1, -0.05) is 0 Å². The maximum absolute atomic E-state index is 8.82. The topological polar surface area (TPSA) is 60.7 Å². The molecule has 0 fully saturated rings. The highest BCUT2D eigenvalue weighted by atomic mass is 16.3. The van der Waals surface area contributed by atoms with Crippen LogP contribution in [0.1, 0.15) is 19.8 Å². The lowest BCUT2D eigenvalue weighted by molar-refractivity contribution is 0.135. The number of aliphatic hydroxyl groups excluding tert-OH is 3. The summed E-state index contributed by atoms with van der Waals surface area (Å²) in [5.74, 6) is 0. The molecule has 0 spiro atoms. The van der Waals surface area contributed by atoms with Crippen LogP contribution in [0.3, 0.4) is 0 Å². The predicted molar refractivity (Wildman–Crippen MR) is 33.2 cm³/mol. The van der Waals surface area contributed by atoms with E-state index >= 15 is 0 Å². The standard InChI is InChI=1S/C6H13O3/c1-5(8)4-6(9)2-3-7/h5,7-9H,2-4H2,1H3. The number of hydrogen-bond acceptors (Lipinski definition) is 3. The van der Waals surface area contributed by atoms with Crippen molar-refractivity contribution in [2.45, 2.75) is 25.9 Å². The second-order valence-electron chi connectivity index (χ2n) is 2.09. The summed E-state index contributed by atoms with van der Waals surface area (Å²) < 4.78 is 0. The maximum Gasteiger partial charge on any atom is 0.0981 e.